The molecule has 0 spiro atoms. The molecule has 4 atom stereocenters. The first-order valence-corrected chi connectivity index (χ1v) is 53.3. The standard InChI is InChI=1S/C28H30ClN9O2Si.C23H27ClN8O2Si.C22H16ClN9O.C10H11ClN4O.C7H6ClN3.4H2S/c1-41(2,3)14-13-40-18-35-16-19(15-30)23-26(35)32-17-33-27(23)36-11-6-7-21(36)25-34-37-12-9-20(29)24(37)28(39)38(25)22-8-4-5-10-31-22;1-35(2,3)10-9-34-14-30-12-15(11-25)18-21(30)26-13-27-22(18)31-7-4-5-17(31)20-28-23(33)19-16(24)6-8-32(19)29-20;23-14-6-9-31-18(14)22(33)32(16-5-1-2-7-25-16)20(29-31)15-4-3-8-30(15)21-17-13(10-24)11-26-19(17)27-12-28-21;11-6-3-5-15-8(6)10(16)13-9(14-15)7-2-1-4-12-7;1-4-2-9-7-5(4)6(8)10-3-11-7;;;;/h4-5,8-10,12,16-17,21H,6-7,11,13-14,18H2,1-3H3;6,8,12-13,17H,4-5,7,9-10,14H2,1-3H3,(H,28,29,33);1-2,5-7,9,11-12,15H,3-4,8H2,(H,26,27,28);3,5,7,12H,1-2,4H2,(H,13,14,16);2-3H,1H3,(H,9,10,11);4*1H2/t21-;17-;15-;7-;;;;;/m0000...../s1. The SMILES string of the molecule is C[Si](C)(C)CCOCn1cc(C#N)c2c(N3CCC[C@H]3c3nn4ccc(Cl)c4c(=O)[nH]3)ncnc21.C[Si](C)(C)CCOCn1cc(C#N)c2c(N3CCC[C@H]3c3nn4ccc(Cl)c4c(=O)n3-c3ccccn3)ncnc21.Cc1c[nH]c2ncnc(Cl)c12.N#Cc1c[nH]c2ncnc(N3CCC[C@H]3c3nn4ccc(Cl)c4c(=O)n3-c3ccccn3)c12.O=c1[nH]c([C@@H]2CCCN2)nn2ccc(Cl)c12.S.S.S.S. The molecule has 39 nitrogen and oxygen atoms in total. The van der Waals surface area contributed by atoms with Gasteiger partial charge >= 0.3 is 0 Å². The van der Waals surface area contributed by atoms with Crippen molar-refractivity contribution >= 4 is 212 Å². The Bertz CT molecular complexity index is 7960. The zero-order valence-electron chi connectivity index (χ0n) is 76.8. The van der Waals surface area contributed by atoms with Crippen LogP contribution in [0.1, 0.15) is 121 Å². The van der Waals surface area contributed by atoms with Crippen LogP contribution in [-0.4, -0.2) is 182 Å². The summed E-state index contributed by atoms with van der Waals surface area (Å²) in [4.78, 5) is 114. The van der Waals surface area contributed by atoms with Crippen LogP contribution in [0.3, 0.4) is 0 Å². The number of hydrogen-bond donors (Lipinski definition) is 5. The van der Waals surface area contributed by atoms with E-state index < -0.39 is 16.1 Å². The van der Waals surface area contributed by atoms with E-state index in [4.69, 9.17) is 77.7 Å². The summed E-state index contributed by atoms with van der Waals surface area (Å²) in [7, 11) is -2.43. The van der Waals surface area contributed by atoms with E-state index in [0.29, 0.717) is 185 Å². The summed E-state index contributed by atoms with van der Waals surface area (Å²) in [6.45, 7) is 20.8. The fourth-order valence-corrected chi connectivity index (χ4v) is 20.2. The Balaban J connectivity index is 0.000000146. The summed E-state index contributed by atoms with van der Waals surface area (Å²) >= 11 is 30.5. The third-order valence-corrected chi connectivity index (χ3v) is 29.0. The zero-order chi connectivity index (χ0) is 95.0. The molecule has 4 saturated heterocycles. The van der Waals surface area contributed by atoms with Crippen molar-refractivity contribution < 1.29 is 9.47 Å². The molecule has 22 heterocycles. The van der Waals surface area contributed by atoms with Crippen LogP contribution in [0.5, 0.6) is 0 Å². The minimum Gasteiger partial charge on any atom is -0.361 e. The topological polar surface area (TPSA) is 461 Å². The maximum Gasteiger partial charge on any atom is 0.285 e. The first kappa shape index (κ1) is 103. The van der Waals surface area contributed by atoms with Crippen LogP contribution in [0.25, 0.3) is 77.8 Å². The number of aryl methyl sites for hydroxylation is 1. The molecule has 4 aliphatic rings. The number of rotatable bonds is 19. The number of pyridine rings is 2. The number of hydrogen-bond acceptors (Lipinski definition) is 27. The Morgan fingerprint density at radius 2 is 0.864 bits per heavy atom. The Labute approximate surface area is 853 Å². The van der Waals surface area contributed by atoms with E-state index in [1.807, 2.05) is 34.4 Å². The first-order chi connectivity index (χ1) is 65.7. The van der Waals surface area contributed by atoms with Crippen LogP contribution in [0, 0.1) is 40.9 Å². The van der Waals surface area contributed by atoms with Gasteiger partial charge in [-0.1, -0.05) is 109 Å². The first-order valence-electron chi connectivity index (χ1n) is 44.0. The van der Waals surface area contributed by atoms with Crippen LogP contribution in [0.2, 0.25) is 76.6 Å². The van der Waals surface area contributed by atoms with Gasteiger partial charge in [0.1, 0.15) is 142 Å². The number of fused-ring (bicyclic) bond motifs is 8. The van der Waals surface area contributed by atoms with Gasteiger partial charge in [-0.15, -0.1) is 0 Å². The van der Waals surface area contributed by atoms with Gasteiger partial charge in [-0.25, -0.2) is 77.0 Å². The van der Waals surface area contributed by atoms with Crippen molar-refractivity contribution in [3.63, 3.8) is 0 Å². The second-order valence-corrected chi connectivity index (χ2v) is 48.6. The fraction of sp³-hybridized carbons (Fsp3) is 0.322. The van der Waals surface area contributed by atoms with Crippen molar-refractivity contribution in [3.8, 4) is 29.8 Å². The molecule has 0 aromatic carbocycles. The highest BCUT2D eigenvalue weighted by atomic mass is 35.5. The number of halogens is 5. The van der Waals surface area contributed by atoms with Crippen LogP contribution in [-0.2, 0) is 22.9 Å². The lowest BCUT2D eigenvalue weighted by atomic mass is 10.1. The Hall–Kier alpha value is -12.5. The van der Waals surface area contributed by atoms with E-state index >= 15 is 0 Å². The molecule has 0 saturated carbocycles. The summed E-state index contributed by atoms with van der Waals surface area (Å²) in [5, 5.41) is 56.4. The number of aromatic nitrogens is 26. The molecule has 726 valence electrons. The third-order valence-electron chi connectivity index (χ3n) is 24.1. The number of ether oxygens (including phenoxy) is 2. The summed E-state index contributed by atoms with van der Waals surface area (Å²) in [5.74, 6) is 5.09. The molecular weight excluding hydrogens is 2000 g/mol. The second kappa shape index (κ2) is 44.1. The molecule has 0 unspecified atom stereocenters. The van der Waals surface area contributed by atoms with Crippen molar-refractivity contribution in [2.24, 2.45) is 0 Å². The lowest BCUT2D eigenvalue weighted by molar-refractivity contribution is 0.0897. The molecule has 140 heavy (non-hydrogen) atoms. The number of nitrogens with zero attached hydrogens (tertiary/aromatic N) is 28. The van der Waals surface area contributed by atoms with Gasteiger partial charge in [0.05, 0.1) is 82.5 Å². The van der Waals surface area contributed by atoms with Crippen molar-refractivity contribution in [1.29, 1.82) is 15.8 Å². The molecule has 22 rings (SSSR count). The minimum atomic E-state index is -1.23. The van der Waals surface area contributed by atoms with Gasteiger partial charge < -0.3 is 58.6 Å². The van der Waals surface area contributed by atoms with Crippen LogP contribution in [0.4, 0.5) is 17.5 Å². The molecule has 18 aromatic heterocycles. The molecule has 0 bridgehead atoms. The average molecular weight is 2100 g/mol. The minimum absolute atomic E-state index is 0. The van der Waals surface area contributed by atoms with Crippen LogP contribution < -0.4 is 42.3 Å². The molecular formula is C90H98Cl5N33O6S4Si2. The quantitative estimate of drug-likeness (QED) is 0.0285. The normalized spacial score (nSPS) is 15.7. The lowest BCUT2D eigenvalue weighted by Crippen LogP contribution is -2.33. The Morgan fingerprint density at radius 3 is 1.31 bits per heavy atom. The molecule has 0 aliphatic carbocycles. The van der Waals surface area contributed by atoms with Crippen molar-refractivity contribution in [3.05, 3.63) is 260 Å². The van der Waals surface area contributed by atoms with Crippen molar-refractivity contribution in [2.75, 3.05) is 54.1 Å². The average Bonchev–Trinajstić information content (AvgIpc) is 1.55. The second-order valence-electron chi connectivity index (χ2n) is 35.4. The molecule has 18 aromatic rings. The summed E-state index contributed by atoms with van der Waals surface area (Å²) in [6, 6.07) is 25.7. The Morgan fingerprint density at radius 1 is 0.450 bits per heavy atom. The van der Waals surface area contributed by atoms with Gasteiger partial charge in [0.2, 0.25) is 0 Å². The predicted molar refractivity (Wildman–Crippen MR) is 563 cm³/mol. The van der Waals surface area contributed by atoms with E-state index in [-0.39, 0.29) is 111 Å². The van der Waals surface area contributed by atoms with E-state index in [9.17, 15) is 35.0 Å². The predicted octanol–water partition coefficient (Wildman–Crippen LogP) is 15.2. The molecule has 4 fully saturated rings. The fourth-order valence-electron chi connectivity index (χ4n) is 17.5. The number of nitrogens with one attached hydrogen (secondary N) is 5. The molecule has 0 amide bonds. The monoisotopic (exact) mass is 2100 g/mol. The summed E-state index contributed by atoms with van der Waals surface area (Å²) in [5.41, 5.74) is 5.39. The van der Waals surface area contributed by atoms with Gasteiger partial charge in [-0.3, -0.25) is 19.2 Å². The number of anilines is 3. The lowest BCUT2D eigenvalue weighted by Gasteiger charge is -2.27. The largest absolute Gasteiger partial charge is 0.361 e. The van der Waals surface area contributed by atoms with Crippen LogP contribution in [0.15, 0.2) is 167 Å². The van der Waals surface area contributed by atoms with Gasteiger partial charge in [-0.05, 0) is 131 Å². The highest BCUT2D eigenvalue weighted by Crippen LogP contribution is 2.43. The summed E-state index contributed by atoms with van der Waals surface area (Å²) in [6.07, 6.45) is 30.0. The summed E-state index contributed by atoms with van der Waals surface area (Å²) < 4.78 is 24.8. The Kier molecular flexibility index (Phi) is 32.6. The molecule has 5 N–H and O–H groups in total. The highest BCUT2D eigenvalue weighted by molar-refractivity contribution is 7.59. The highest BCUT2D eigenvalue weighted by Gasteiger charge is 2.39. The maximum atomic E-state index is 13.8. The third kappa shape index (κ3) is 21.0. The molecule has 50 heteroatoms. The molecule has 0 radical (unpaired) electrons. The van der Waals surface area contributed by atoms with Gasteiger partial charge in [0.25, 0.3) is 22.2 Å². The number of nitriles is 3. The van der Waals surface area contributed by atoms with Crippen LogP contribution >= 0.6 is 112 Å². The maximum absolute atomic E-state index is 13.8. The zero-order valence-corrected chi connectivity index (χ0v) is 86.5. The van der Waals surface area contributed by atoms with E-state index in [1.54, 1.807) is 104 Å². The smallest absolute Gasteiger partial charge is 0.285 e. The van der Waals surface area contributed by atoms with Crippen molar-refractivity contribution in [2.45, 2.75) is 147 Å². The van der Waals surface area contributed by atoms with Gasteiger partial charge in [0.15, 0.2) is 17.5 Å². The molecule has 4 aliphatic heterocycles. The van der Waals surface area contributed by atoms with E-state index in [2.05, 4.69) is 157 Å². The van der Waals surface area contributed by atoms with E-state index in [0.717, 1.165) is 86.6 Å². The van der Waals surface area contributed by atoms with Crippen molar-refractivity contribution in [1.82, 2.24) is 132 Å². The van der Waals surface area contributed by atoms with Gasteiger partial charge in [-0.2, -0.15) is 90.2 Å². The van der Waals surface area contributed by atoms with Gasteiger partial charge in [0, 0.05) is 111 Å². The van der Waals surface area contributed by atoms with E-state index in [1.165, 1.54) is 52.5 Å². The number of H-pyrrole nitrogens is 4. The number of aromatic amines is 4.